The second-order valence-corrected chi connectivity index (χ2v) is 6.40. The molecular weight excluding hydrogens is 244 g/mol. The van der Waals surface area contributed by atoms with E-state index in [-0.39, 0.29) is 0 Å². The lowest BCUT2D eigenvalue weighted by Crippen LogP contribution is -2.40. The summed E-state index contributed by atoms with van der Waals surface area (Å²) in [5.74, 6) is -0.986. The van der Waals surface area contributed by atoms with Crippen molar-refractivity contribution in [3.63, 3.8) is 0 Å². The molecule has 1 atom stereocenters. The summed E-state index contributed by atoms with van der Waals surface area (Å²) in [4.78, 5) is 11.0. The van der Waals surface area contributed by atoms with Gasteiger partial charge in [-0.05, 0) is 31.8 Å². The van der Waals surface area contributed by atoms with Gasteiger partial charge in [0, 0.05) is 13.6 Å². The quantitative estimate of drug-likeness (QED) is 0.672. The minimum atomic E-state index is -3.54. The van der Waals surface area contributed by atoms with Gasteiger partial charge in [0.25, 0.3) is 0 Å². The number of rotatable bonds is 5. The molecule has 1 N–H and O–H groups in total. The van der Waals surface area contributed by atoms with Crippen LogP contribution in [0.4, 0.5) is 0 Å². The first-order valence-corrected chi connectivity index (χ1v) is 7.28. The van der Waals surface area contributed by atoms with Crippen LogP contribution in [0, 0.1) is 5.92 Å². The molecule has 100 valence electrons. The molecule has 6 nitrogen and oxygen atoms in total. The average molecular weight is 264 g/mol. The zero-order chi connectivity index (χ0) is 12.9. The zero-order valence-electron chi connectivity index (χ0n) is 10.3. The third-order valence-electron chi connectivity index (χ3n) is 2.92. The van der Waals surface area contributed by atoms with Crippen molar-refractivity contribution in [2.24, 2.45) is 5.92 Å². The number of hydrogen-bond acceptors (Lipinski definition) is 5. The largest absolute Gasteiger partial charge is 0.468 e. The predicted molar refractivity (Wildman–Crippen MR) is 64.0 cm³/mol. The maximum atomic E-state index is 11.8. The van der Waals surface area contributed by atoms with Crippen molar-refractivity contribution in [1.29, 1.82) is 0 Å². The summed E-state index contributed by atoms with van der Waals surface area (Å²) in [6, 6.07) is 0. The number of sulfonamides is 1. The predicted octanol–water partition coefficient (Wildman–Crippen LogP) is -0.579. The van der Waals surface area contributed by atoms with E-state index in [9.17, 15) is 13.2 Å². The highest BCUT2D eigenvalue weighted by atomic mass is 32.2. The van der Waals surface area contributed by atoms with Crippen molar-refractivity contribution in [3.05, 3.63) is 0 Å². The van der Waals surface area contributed by atoms with Crippen LogP contribution in [0.25, 0.3) is 0 Å². The number of carbonyl (C=O) groups excluding carboxylic acids is 1. The van der Waals surface area contributed by atoms with Gasteiger partial charge in [0.15, 0.2) is 5.75 Å². The third-order valence-corrected chi connectivity index (χ3v) is 4.62. The molecule has 0 spiro atoms. The average Bonchev–Trinajstić information content (AvgIpc) is 2.29. The number of piperidine rings is 1. The zero-order valence-corrected chi connectivity index (χ0v) is 11.1. The van der Waals surface area contributed by atoms with Crippen LogP contribution in [0.2, 0.25) is 0 Å². The fraction of sp³-hybridized carbons (Fsp3) is 0.900. The van der Waals surface area contributed by atoms with E-state index < -0.39 is 21.7 Å². The molecule has 17 heavy (non-hydrogen) atoms. The minimum absolute atomic E-state index is 0.321. The molecule has 0 aliphatic carbocycles. The minimum Gasteiger partial charge on any atom is -0.468 e. The van der Waals surface area contributed by atoms with E-state index >= 15 is 0 Å². The molecule has 1 aliphatic heterocycles. The van der Waals surface area contributed by atoms with Gasteiger partial charge in [-0.1, -0.05) is 0 Å². The number of nitrogens with zero attached hydrogens (tertiary/aromatic N) is 1. The molecule has 1 heterocycles. The molecule has 0 amide bonds. The van der Waals surface area contributed by atoms with Crippen molar-refractivity contribution in [2.45, 2.75) is 12.8 Å². The smallest absolute Gasteiger partial charge is 0.322 e. The summed E-state index contributed by atoms with van der Waals surface area (Å²) >= 11 is 0. The number of nitrogens with one attached hydrogen (secondary N) is 1. The van der Waals surface area contributed by atoms with E-state index in [4.69, 9.17) is 0 Å². The van der Waals surface area contributed by atoms with Crippen molar-refractivity contribution < 1.29 is 17.9 Å². The molecule has 1 rings (SSSR count). The van der Waals surface area contributed by atoms with Crippen LogP contribution in [0.1, 0.15) is 12.8 Å². The Morgan fingerprint density at radius 1 is 1.53 bits per heavy atom. The molecule has 1 aliphatic rings. The molecule has 1 saturated heterocycles. The Balaban J connectivity index is 2.49. The van der Waals surface area contributed by atoms with Crippen LogP contribution in [-0.4, -0.2) is 58.2 Å². The standard InChI is InChI=1S/C10H20N2O4S/c1-12(7-9-4-3-5-11-6-9)17(14,15)8-10(13)16-2/h9,11H,3-8H2,1-2H3. The first-order chi connectivity index (χ1) is 7.95. The second kappa shape index (κ2) is 6.32. The van der Waals surface area contributed by atoms with Gasteiger partial charge in [0.2, 0.25) is 10.0 Å². The topological polar surface area (TPSA) is 75.7 Å². The van der Waals surface area contributed by atoms with Gasteiger partial charge in [0.1, 0.15) is 0 Å². The molecule has 1 fully saturated rings. The number of esters is 1. The highest BCUT2D eigenvalue weighted by molar-refractivity contribution is 7.89. The molecule has 1 unspecified atom stereocenters. The maximum Gasteiger partial charge on any atom is 0.322 e. The van der Waals surface area contributed by atoms with Crippen molar-refractivity contribution >= 4 is 16.0 Å². The molecule has 0 saturated carbocycles. The van der Waals surface area contributed by atoms with E-state index in [1.165, 1.54) is 18.5 Å². The van der Waals surface area contributed by atoms with Gasteiger partial charge in [-0.3, -0.25) is 4.79 Å². The summed E-state index contributed by atoms with van der Waals surface area (Å²) in [5, 5.41) is 3.23. The normalized spacial score (nSPS) is 21.5. The van der Waals surface area contributed by atoms with E-state index in [1.807, 2.05) is 0 Å². The van der Waals surface area contributed by atoms with Crippen LogP contribution in [0.5, 0.6) is 0 Å². The fourth-order valence-electron chi connectivity index (χ4n) is 1.88. The van der Waals surface area contributed by atoms with Gasteiger partial charge in [0.05, 0.1) is 7.11 Å². The third kappa shape index (κ3) is 4.61. The Labute approximate surface area is 102 Å². The van der Waals surface area contributed by atoms with Gasteiger partial charge in [-0.2, -0.15) is 0 Å². The first-order valence-electron chi connectivity index (χ1n) is 5.67. The number of ether oxygens (including phenoxy) is 1. The van der Waals surface area contributed by atoms with E-state index in [0.29, 0.717) is 12.5 Å². The molecule has 0 aromatic heterocycles. The monoisotopic (exact) mass is 264 g/mol. The van der Waals surface area contributed by atoms with Crippen molar-refractivity contribution in [1.82, 2.24) is 9.62 Å². The SMILES string of the molecule is COC(=O)CS(=O)(=O)N(C)CC1CCCNC1. The highest BCUT2D eigenvalue weighted by Crippen LogP contribution is 2.13. The van der Waals surface area contributed by atoms with Gasteiger partial charge >= 0.3 is 5.97 Å². The van der Waals surface area contributed by atoms with Crippen LogP contribution >= 0.6 is 0 Å². The fourth-order valence-corrected chi connectivity index (χ4v) is 2.95. The second-order valence-electron chi connectivity index (χ2n) is 4.33. The van der Waals surface area contributed by atoms with E-state index in [1.54, 1.807) is 0 Å². The molecule has 7 heteroatoms. The van der Waals surface area contributed by atoms with Crippen molar-refractivity contribution in [3.8, 4) is 0 Å². The lowest BCUT2D eigenvalue weighted by molar-refractivity contribution is -0.137. The Hall–Kier alpha value is -0.660. The number of hydrogen-bond donors (Lipinski definition) is 1. The molecule has 0 bridgehead atoms. The van der Waals surface area contributed by atoms with Gasteiger partial charge in [-0.25, -0.2) is 12.7 Å². The Bertz CT molecular complexity index is 349. The Kier molecular flexibility index (Phi) is 5.35. The molecular formula is C10H20N2O4S. The van der Waals surface area contributed by atoms with Crippen LogP contribution < -0.4 is 5.32 Å². The van der Waals surface area contributed by atoms with Crippen LogP contribution in [0.15, 0.2) is 0 Å². The Morgan fingerprint density at radius 2 is 2.24 bits per heavy atom. The highest BCUT2D eigenvalue weighted by Gasteiger charge is 2.25. The number of carbonyl (C=O) groups is 1. The lowest BCUT2D eigenvalue weighted by atomic mass is 10.00. The summed E-state index contributed by atoms with van der Waals surface area (Å²) < 4.78 is 29.2. The maximum absolute atomic E-state index is 11.8. The summed E-state index contributed by atoms with van der Waals surface area (Å²) in [7, 11) is -0.850. The van der Waals surface area contributed by atoms with E-state index in [2.05, 4.69) is 10.1 Å². The van der Waals surface area contributed by atoms with Crippen LogP contribution in [0.3, 0.4) is 0 Å². The van der Waals surface area contributed by atoms with Crippen molar-refractivity contribution in [2.75, 3.05) is 39.5 Å². The summed E-state index contributed by atoms with van der Waals surface area (Å²) in [6.45, 7) is 2.28. The lowest BCUT2D eigenvalue weighted by Gasteiger charge is -2.26. The van der Waals surface area contributed by atoms with Gasteiger partial charge in [-0.15, -0.1) is 0 Å². The first kappa shape index (κ1) is 14.4. The Morgan fingerprint density at radius 3 is 2.76 bits per heavy atom. The molecule has 0 radical (unpaired) electrons. The summed E-state index contributed by atoms with van der Waals surface area (Å²) in [6.07, 6.45) is 2.08. The molecule has 0 aromatic carbocycles. The molecule has 0 aromatic rings. The van der Waals surface area contributed by atoms with E-state index in [0.717, 1.165) is 25.9 Å². The van der Waals surface area contributed by atoms with Gasteiger partial charge < -0.3 is 10.1 Å². The number of methoxy groups -OCH3 is 1. The van der Waals surface area contributed by atoms with Crippen LogP contribution in [-0.2, 0) is 19.6 Å². The summed E-state index contributed by atoms with van der Waals surface area (Å²) in [5.41, 5.74) is 0.